The Morgan fingerprint density at radius 2 is 2.04 bits per heavy atom. The summed E-state index contributed by atoms with van der Waals surface area (Å²) in [6, 6.07) is 0.555. The summed E-state index contributed by atoms with van der Waals surface area (Å²) in [5, 5.41) is 4.30. The Morgan fingerprint density at radius 1 is 1.29 bits per heavy atom. The number of hydrogen-bond donors (Lipinski definition) is 0. The van der Waals surface area contributed by atoms with E-state index in [1.165, 1.54) is 25.0 Å². The zero-order valence-electron chi connectivity index (χ0n) is 14.3. The monoisotopic (exact) mass is 328 g/mol. The lowest BCUT2D eigenvalue weighted by atomic mass is 9.93. The van der Waals surface area contributed by atoms with E-state index in [-0.39, 0.29) is 11.5 Å². The van der Waals surface area contributed by atoms with E-state index in [1.54, 1.807) is 0 Å². The van der Waals surface area contributed by atoms with Crippen molar-refractivity contribution in [2.24, 2.45) is 22.9 Å². The van der Waals surface area contributed by atoms with Gasteiger partial charge in [0.25, 0.3) is 5.91 Å². The second-order valence-corrected chi connectivity index (χ2v) is 8.46. The first kappa shape index (κ1) is 14.5. The number of hydrogen-bond acceptors (Lipinski definition) is 4. The molecule has 1 aromatic heterocycles. The molecule has 2 unspecified atom stereocenters. The number of rotatable bonds is 3. The van der Waals surface area contributed by atoms with Crippen molar-refractivity contribution in [3.05, 3.63) is 18.2 Å². The maximum absolute atomic E-state index is 12.7. The third kappa shape index (κ3) is 2.19. The Labute approximate surface area is 141 Å². The van der Waals surface area contributed by atoms with Gasteiger partial charge >= 0.3 is 0 Å². The molecule has 5 rings (SSSR count). The summed E-state index contributed by atoms with van der Waals surface area (Å²) >= 11 is 0. The second-order valence-electron chi connectivity index (χ2n) is 8.46. The highest BCUT2D eigenvalue weighted by Gasteiger charge is 2.60. The molecule has 2 aliphatic heterocycles. The Kier molecular flexibility index (Phi) is 2.92. The van der Waals surface area contributed by atoms with Crippen LogP contribution in [0.4, 0.5) is 0 Å². The number of oxime groups is 1. The van der Waals surface area contributed by atoms with Crippen molar-refractivity contribution in [3.8, 4) is 0 Å². The van der Waals surface area contributed by atoms with Crippen LogP contribution in [-0.2, 0) is 4.84 Å². The number of fused-ring (bicyclic) bond motifs is 1. The topological polar surface area (TPSA) is 59.7 Å². The lowest BCUT2D eigenvalue weighted by molar-refractivity contribution is 0.0123. The Balaban J connectivity index is 1.21. The third-order valence-corrected chi connectivity index (χ3v) is 6.20. The van der Waals surface area contributed by atoms with Gasteiger partial charge in [-0.1, -0.05) is 5.16 Å². The highest BCUT2D eigenvalue weighted by atomic mass is 16.7. The molecular weight excluding hydrogens is 304 g/mol. The lowest BCUT2D eigenvalue weighted by Gasteiger charge is -2.26. The van der Waals surface area contributed by atoms with Crippen LogP contribution in [0.3, 0.4) is 0 Å². The van der Waals surface area contributed by atoms with Crippen molar-refractivity contribution >= 4 is 11.6 Å². The van der Waals surface area contributed by atoms with Gasteiger partial charge in [-0.05, 0) is 44.9 Å². The van der Waals surface area contributed by atoms with Gasteiger partial charge in [0.2, 0.25) is 0 Å². The number of imidazole rings is 1. The maximum atomic E-state index is 12.7. The van der Waals surface area contributed by atoms with Gasteiger partial charge in [0.05, 0.1) is 12.0 Å². The first-order chi connectivity index (χ1) is 11.5. The quantitative estimate of drug-likeness (QED) is 0.856. The number of nitrogens with zero attached hydrogens (tertiary/aromatic N) is 4. The van der Waals surface area contributed by atoms with Gasteiger partial charge in [0.1, 0.15) is 11.3 Å². The molecule has 0 aromatic carbocycles. The Hall–Kier alpha value is -1.85. The maximum Gasteiger partial charge on any atom is 0.274 e. The number of amides is 1. The lowest BCUT2D eigenvalue weighted by Crippen LogP contribution is -2.33. The number of carbonyl (C=O) groups is 1. The molecule has 1 amide bonds. The van der Waals surface area contributed by atoms with E-state index in [4.69, 9.17) is 4.84 Å². The molecule has 128 valence electrons. The predicted molar refractivity (Wildman–Crippen MR) is 88.7 cm³/mol. The molecule has 4 aliphatic rings. The molecule has 0 bridgehead atoms. The zero-order valence-corrected chi connectivity index (χ0v) is 14.3. The molecule has 3 heterocycles. The fourth-order valence-corrected chi connectivity index (χ4v) is 4.54. The highest BCUT2D eigenvalue weighted by Crippen LogP contribution is 2.54. The fraction of sp³-hybridized carbons (Fsp3) is 0.722. The van der Waals surface area contributed by atoms with Crippen LogP contribution in [0.15, 0.2) is 17.7 Å². The summed E-state index contributed by atoms with van der Waals surface area (Å²) < 4.78 is 2.11. The first-order valence-corrected chi connectivity index (χ1v) is 9.09. The summed E-state index contributed by atoms with van der Waals surface area (Å²) in [5.41, 5.74) is 1.65. The van der Waals surface area contributed by atoms with Gasteiger partial charge in [0.15, 0.2) is 0 Å². The molecule has 0 radical (unpaired) electrons. The molecule has 2 aliphatic carbocycles. The molecule has 0 spiro atoms. The van der Waals surface area contributed by atoms with Crippen molar-refractivity contribution in [1.82, 2.24) is 14.5 Å². The van der Waals surface area contributed by atoms with Crippen LogP contribution in [0.2, 0.25) is 0 Å². The molecule has 6 heteroatoms. The third-order valence-electron chi connectivity index (χ3n) is 6.20. The fourth-order valence-electron chi connectivity index (χ4n) is 4.54. The van der Waals surface area contributed by atoms with Crippen LogP contribution in [0, 0.1) is 17.8 Å². The molecule has 24 heavy (non-hydrogen) atoms. The van der Waals surface area contributed by atoms with Crippen molar-refractivity contribution in [1.29, 1.82) is 0 Å². The van der Waals surface area contributed by atoms with Gasteiger partial charge in [-0.3, -0.25) is 4.79 Å². The summed E-state index contributed by atoms with van der Waals surface area (Å²) in [5.74, 6) is 1.75. The number of piperidine rings is 1. The Morgan fingerprint density at radius 3 is 2.62 bits per heavy atom. The van der Waals surface area contributed by atoms with Crippen molar-refractivity contribution < 1.29 is 9.63 Å². The minimum atomic E-state index is -0.157. The molecular formula is C18H24N4O2. The first-order valence-electron chi connectivity index (χ1n) is 9.09. The van der Waals surface area contributed by atoms with E-state index in [9.17, 15) is 4.79 Å². The van der Waals surface area contributed by atoms with E-state index in [1.807, 2.05) is 17.4 Å². The second kappa shape index (κ2) is 4.83. The molecule has 2 saturated carbocycles. The van der Waals surface area contributed by atoms with E-state index in [2.05, 4.69) is 28.6 Å². The van der Waals surface area contributed by atoms with Crippen LogP contribution in [0.25, 0.3) is 0 Å². The van der Waals surface area contributed by atoms with E-state index < -0.39 is 0 Å². The van der Waals surface area contributed by atoms with Crippen molar-refractivity contribution in [2.75, 3.05) is 13.1 Å². The summed E-state index contributed by atoms with van der Waals surface area (Å²) in [4.78, 5) is 24.5. The molecule has 0 N–H and O–H groups in total. The van der Waals surface area contributed by atoms with Gasteiger partial charge in [-0.15, -0.1) is 0 Å². The van der Waals surface area contributed by atoms with Crippen LogP contribution < -0.4 is 0 Å². The summed E-state index contributed by atoms with van der Waals surface area (Å²) in [6.07, 6.45) is 8.38. The largest absolute Gasteiger partial charge is 0.389 e. The van der Waals surface area contributed by atoms with Crippen LogP contribution in [0.5, 0.6) is 0 Å². The molecule has 1 aromatic rings. The average Bonchev–Trinajstić information content (AvgIpc) is 2.94. The van der Waals surface area contributed by atoms with Crippen LogP contribution in [0.1, 0.15) is 56.1 Å². The van der Waals surface area contributed by atoms with E-state index >= 15 is 0 Å². The Bertz CT molecular complexity index is 706. The molecule has 6 nitrogen and oxygen atoms in total. The minimum absolute atomic E-state index is 0.0870. The van der Waals surface area contributed by atoms with Crippen LogP contribution in [-0.4, -0.2) is 44.8 Å². The van der Waals surface area contributed by atoms with Gasteiger partial charge in [-0.2, -0.15) is 0 Å². The standard InChI is InChI=1S/C18H24N4O2/c1-18(2)6-14(20-24-18)16-12-7-21(8-13(12)16)17(23)15-9-22(10-19-15)11-4-3-5-11/h9-13,16H,3-8H2,1-2H3. The van der Waals surface area contributed by atoms with E-state index in [0.29, 0.717) is 29.5 Å². The molecule has 1 saturated heterocycles. The predicted octanol–water partition coefficient (Wildman–Crippen LogP) is 2.48. The number of aromatic nitrogens is 2. The minimum Gasteiger partial charge on any atom is -0.389 e. The zero-order chi connectivity index (χ0) is 16.5. The van der Waals surface area contributed by atoms with Gasteiger partial charge in [0, 0.05) is 37.7 Å². The molecule has 3 fully saturated rings. The van der Waals surface area contributed by atoms with Crippen LogP contribution >= 0.6 is 0 Å². The SMILES string of the molecule is CC1(C)CC(C2C3CN(C(=O)c4cn(C5CCC5)cn4)CC32)=NO1. The van der Waals surface area contributed by atoms with Gasteiger partial charge in [-0.25, -0.2) is 4.98 Å². The number of likely N-dealkylation sites (tertiary alicyclic amines) is 1. The summed E-state index contributed by atoms with van der Waals surface area (Å²) in [6.45, 7) is 5.83. The van der Waals surface area contributed by atoms with Crippen molar-refractivity contribution in [3.63, 3.8) is 0 Å². The van der Waals surface area contributed by atoms with E-state index in [0.717, 1.165) is 19.5 Å². The number of carbonyl (C=O) groups excluding carboxylic acids is 1. The molecule has 2 atom stereocenters. The normalized spacial score (nSPS) is 33.7. The summed E-state index contributed by atoms with van der Waals surface area (Å²) in [7, 11) is 0. The average molecular weight is 328 g/mol. The highest BCUT2D eigenvalue weighted by molar-refractivity contribution is 5.94. The van der Waals surface area contributed by atoms with Crippen molar-refractivity contribution in [2.45, 2.75) is 51.2 Å². The van der Waals surface area contributed by atoms with Gasteiger partial charge < -0.3 is 14.3 Å². The smallest absolute Gasteiger partial charge is 0.274 e.